The number of nitrogens with one attached hydrogen (secondary N) is 1. The minimum Gasteiger partial charge on any atom is -0.396 e. The summed E-state index contributed by atoms with van der Waals surface area (Å²) >= 11 is 3.52. The minimum absolute atomic E-state index is 0.373. The van der Waals surface area contributed by atoms with Crippen LogP contribution in [0.25, 0.3) is 10.9 Å². The molecule has 21 heavy (non-hydrogen) atoms. The van der Waals surface area contributed by atoms with Crippen LogP contribution in [-0.4, -0.2) is 11.5 Å². The van der Waals surface area contributed by atoms with E-state index in [1.807, 2.05) is 12.1 Å². The van der Waals surface area contributed by atoms with Crippen molar-refractivity contribution in [3.63, 3.8) is 0 Å². The highest BCUT2D eigenvalue weighted by molar-refractivity contribution is 9.10. The number of rotatable bonds is 3. The summed E-state index contributed by atoms with van der Waals surface area (Å²) in [4.78, 5) is 4.40. The van der Waals surface area contributed by atoms with Gasteiger partial charge in [0.05, 0.1) is 23.1 Å². The number of nitrogens with two attached hydrogens (primary N) is 1. The number of nitrogen functional groups attached to an aromatic ring is 1. The second-order valence-electron chi connectivity index (χ2n) is 7.13. The molecule has 1 aromatic heterocycles. The third-order valence-electron chi connectivity index (χ3n) is 5.66. The van der Waals surface area contributed by atoms with Crippen molar-refractivity contribution in [3.05, 3.63) is 28.9 Å². The molecule has 1 fully saturated rings. The van der Waals surface area contributed by atoms with Gasteiger partial charge in [-0.05, 0) is 34.9 Å². The third kappa shape index (κ3) is 2.20. The van der Waals surface area contributed by atoms with Crippen LogP contribution in [0.15, 0.2) is 28.9 Å². The number of fused-ring (bicyclic) bond motifs is 1. The van der Waals surface area contributed by atoms with Gasteiger partial charge >= 0.3 is 0 Å². The second-order valence-corrected chi connectivity index (χ2v) is 8.04. The van der Waals surface area contributed by atoms with Gasteiger partial charge in [0.25, 0.3) is 0 Å². The summed E-state index contributed by atoms with van der Waals surface area (Å²) in [5, 5.41) is 4.64. The lowest BCUT2D eigenvalue weighted by atomic mass is 10.0. The predicted octanol–water partition coefficient (Wildman–Crippen LogP) is 4.67. The highest BCUT2D eigenvalue weighted by Crippen LogP contribution is 2.68. The lowest BCUT2D eigenvalue weighted by Gasteiger charge is -2.13. The summed E-state index contributed by atoms with van der Waals surface area (Å²) in [6.07, 6.45) is 1.74. The molecule has 0 amide bonds. The molecule has 0 radical (unpaired) electrons. The average molecular weight is 348 g/mol. The van der Waals surface area contributed by atoms with Crippen LogP contribution in [0.2, 0.25) is 0 Å². The van der Waals surface area contributed by atoms with Crippen molar-refractivity contribution in [2.24, 2.45) is 16.7 Å². The van der Waals surface area contributed by atoms with Crippen molar-refractivity contribution < 1.29 is 0 Å². The zero-order chi connectivity index (χ0) is 15.4. The Morgan fingerprint density at radius 3 is 2.52 bits per heavy atom. The van der Waals surface area contributed by atoms with E-state index in [-0.39, 0.29) is 0 Å². The van der Waals surface area contributed by atoms with Gasteiger partial charge in [0.15, 0.2) is 0 Å². The Hall–Kier alpha value is -1.29. The van der Waals surface area contributed by atoms with Crippen LogP contribution in [0.5, 0.6) is 0 Å². The third-order valence-corrected chi connectivity index (χ3v) is 6.16. The second kappa shape index (κ2) is 4.60. The number of anilines is 2. The first-order valence-electron chi connectivity index (χ1n) is 7.33. The van der Waals surface area contributed by atoms with Gasteiger partial charge in [-0.1, -0.05) is 43.6 Å². The fourth-order valence-electron chi connectivity index (χ4n) is 3.43. The van der Waals surface area contributed by atoms with Gasteiger partial charge in [-0.2, -0.15) is 0 Å². The fourth-order valence-corrected chi connectivity index (χ4v) is 3.79. The molecule has 1 heterocycles. The fraction of sp³-hybridized carbons (Fsp3) is 0.471. The van der Waals surface area contributed by atoms with Crippen LogP contribution in [-0.2, 0) is 0 Å². The van der Waals surface area contributed by atoms with E-state index in [0.29, 0.717) is 22.4 Å². The molecule has 3 rings (SSSR count). The van der Waals surface area contributed by atoms with E-state index in [0.717, 1.165) is 27.6 Å². The van der Waals surface area contributed by atoms with E-state index in [1.54, 1.807) is 6.20 Å². The molecular weight excluding hydrogens is 326 g/mol. The number of hydrogen-bond donors (Lipinski definition) is 2. The Bertz CT molecular complexity index is 687. The molecule has 2 aromatic rings. The van der Waals surface area contributed by atoms with Crippen molar-refractivity contribution in [2.75, 3.05) is 17.6 Å². The Morgan fingerprint density at radius 2 is 1.90 bits per heavy atom. The van der Waals surface area contributed by atoms with Gasteiger partial charge in [0.2, 0.25) is 0 Å². The van der Waals surface area contributed by atoms with Gasteiger partial charge in [-0.15, -0.1) is 0 Å². The molecule has 1 aliphatic carbocycles. The highest BCUT2D eigenvalue weighted by Gasteiger charge is 2.64. The van der Waals surface area contributed by atoms with E-state index in [4.69, 9.17) is 5.73 Å². The Balaban J connectivity index is 1.91. The molecule has 0 atom stereocenters. The average Bonchev–Trinajstić information content (AvgIpc) is 2.79. The molecule has 3 nitrogen and oxygen atoms in total. The largest absolute Gasteiger partial charge is 0.396 e. The summed E-state index contributed by atoms with van der Waals surface area (Å²) in [6, 6.07) is 6.08. The summed E-state index contributed by atoms with van der Waals surface area (Å²) in [7, 11) is 0. The first-order chi connectivity index (χ1) is 9.75. The van der Waals surface area contributed by atoms with Crippen LogP contribution < -0.4 is 11.1 Å². The van der Waals surface area contributed by atoms with Gasteiger partial charge < -0.3 is 11.1 Å². The predicted molar refractivity (Wildman–Crippen MR) is 93.4 cm³/mol. The normalized spacial score (nSPS) is 19.7. The standard InChI is InChI=1S/C17H22BrN3/c1-16(2)14(17(16,3)4)9-21-15-11-7-10(18)5-6-13(11)20-8-12(15)19/h5-8,14H,9,19H2,1-4H3,(H,20,21). The molecule has 1 aliphatic rings. The van der Waals surface area contributed by atoms with Crippen LogP contribution >= 0.6 is 15.9 Å². The molecule has 112 valence electrons. The highest BCUT2D eigenvalue weighted by atomic mass is 79.9. The van der Waals surface area contributed by atoms with E-state index in [9.17, 15) is 0 Å². The molecule has 0 spiro atoms. The Kier molecular flexibility index (Phi) is 3.21. The molecule has 1 aromatic carbocycles. The first kappa shape index (κ1) is 14.6. The molecule has 0 unspecified atom stereocenters. The smallest absolute Gasteiger partial charge is 0.0743 e. The zero-order valence-corrected chi connectivity index (χ0v) is 14.6. The molecule has 0 bridgehead atoms. The van der Waals surface area contributed by atoms with Crippen LogP contribution in [0, 0.1) is 16.7 Å². The maximum Gasteiger partial charge on any atom is 0.0743 e. The molecule has 4 heteroatoms. The molecular formula is C17H22BrN3. The van der Waals surface area contributed by atoms with Gasteiger partial charge in [0, 0.05) is 16.4 Å². The molecule has 1 saturated carbocycles. The van der Waals surface area contributed by atoms with Gasteiger partial charge in [0.1, 0.15) is 0 Å². The molecule has 0 aliphatic heterocycles. The molecule has 3 N–H and O–H groups in total. The van der Waals surface area contributed by atoms with Crippen molar-refractivity contribution in [1.29, 1.82) is 0 Å². The number of halogens is 1. The summed E-state index contributed by atoms with van der Waals surface area (Å²) in [5.74, 6) is 0.653. The van der Waals surface area contributed by atoms with E-state index >= 15 is 0 Å². The summed E-state index contributed by atoms with van der Waals surface area (Å²) < 4.78 is 1.04. The van der Waals surface area contributed by atoms with E-state index in [2.05, 4.69) is 60.0 Å². The maximum atomic E-state index is 6.14. The number of nitrogens with zero attached hydrogens (tertiary/aromatic N) is 1. The molecule has 0 saturated heterocycles. The van der Waals surface area contributed by atoms with Crippen molar-refractivity contribution in [1.82, 2.24) is 4.98 Å². The summed E-state index contributed by atoms with van der Waals surface area (Å²) in [6.45, 7) is 10.3. The van der Waals surface area contributed by atoms with E-state index in [1.165, 1.54) is 0 Å². The van der Waals surface area contributed by atoms with Gasteiger partial charge in [-0.3, -0.25) is 4.98 Å². The van der Waals surface area contributed by atoms with Gasteiger partial charge in [-0.25, -0.2) is 0 Å². The van der Waals surface area contributed by atoms with Crippen LogP contribution in [0.1, 0.15) is 27.7 Å². The SMILES string of the molecule is CC1(C)C(CNc2c(N)cnc3ccc(Br)cc23)C1(C)C. The maximum absolute atomic E-state index is 6.14. The van der Waals surface area contributed by atoms with Crippen molar-refractivity contribution in [3.8, 4) is 0 Å². The first-order valence-corrected chi connectivity index (χ1v) is 8.12. The van der Waals surface area contributed by atoms with Crippen molar-refractivity contribution in [2.45, 2.75) is 27.7 Å². The number of aromatic nitrogens is 1. The summed E-state index contributed by atoms with van der Waals surface area (Å²) in [5.41, 5.74) is 9.55. The topological polar surface area (TPSA) is 50.9 Å². The van der Waals surface area contributed by atoms with E-state index < -0.39 is 0 Å². The lowest BCUT2D eigenvalue weighted by molar-refractivity contribution is 0.457. The Labute approximate surface area is 134 Å². The lowest BCUT2D eigenvalue weighted by Crippen LogP contribution is -2.10. The quantitative estimate of drug-likeness (QED) is 0.847. The van der Waals surface area contributed by atoms with Crippen LogP contribution in [0.3, 0.4) is 0 Å². The Morgan fingerprint density at radius 1 is 1.24 bits per heavy atom. The monoisotopic (exact) mass is 347 g/mol. The van der Waals surface area contributed by atoms with Crippen molar-refractivity contribution >= 4 is 38.2 Å². The zero-order valence-electron chi connectivity index (χ0n) is 13.0. The number of pyridine rings is 1. The number of benzene rings is 1. The van der Waals surface area contributed by atoms with Crippen LogP contribution in [0.4, 0.5) is 11.4 Å². The number of hydrogen-bond acceptors (Lipinski definition) is 3. The minimum atomic E-state index is 0.373.